The maximum Gasteiger partial charge on any atom is 0.310 e. The van der Waals surface area contributed by atoms with Gasteiger partial charge in [-0.15, -0.1) is 0 Å². The van der Waals surface area contributed by atoms with Gasteiger partial charge in [-0.2, -0.15) is 0 Å². The number of nitrogens with two attached hydrogens (primary N) is 1. The van der Waals surface area contributed by atoms with Crippen LogP contribution in [0.4, 0.5) is 0 Å². The molecule has 2 heterocycles. The van der Waals surface area contributed by atoms with Crippen molar-refractivity contribution in [2.24, 2.45) is 11.1 Å². The summed E-state index contributed by atoms with van der Waals surface area (Å²) in [6.45, 7) is 7.22. The van der Waals surface area contributed by atoms with Crippen molar-refractivity contribution in [2.75, 3.05) is 0 Å². The van der Waals surface area contributed by atoms with Crippen LogP contribution in [0.15, 0.2) is 67.2 Å². The molecule has 5 nitrogen and oxygen atoms in total. The third kappa shape index (κ3) is 3.14. The average molecular weight is 386 g/mol. The van der Waals surface area contributed by atoms with Crippen molar-refractivity contribution in [3.63, 3.8) is 0 Å². The summed E-state index contributed by atoms with van der Waals surface area (Å²) in [5.41, 5.74) is 9.36. The molecule has 0 aliphatic carbocycles. The van der Waals surface area contributed by atoms with Crippen molar-refractivity contribution in [3.05, 3.63) is 83.9 Å². The molecule has 0 amide bonds. The lowest BCUT2D eigenvalue weighted by molar-refractivity contribution is -0.147. The lowest BCUT2D eigenvalue weighted by Crippen LogP contribution is -2.33. The smallest absolute Gasteiger partial charge is 0.310 e. The summed E-state index contributed by atoms with van der Waals surface area (Å²) in [6.07, 6.45) is 0. The summed E-state index contributed by atoms with van der Waals surface area (Å²) in [7, 11) is 0. The molecule has 0 unspecified atom stereocenters. The first kappa shape index (κ1) is 18.7. The molecule has 0 fully saturated rings. The molecule has 5 heteroatoms. The van der Waals surface area contributed by atoms with Crippen LogP contribution in [0.1, 0.15) is 36.5 Å². The third-order valence-corrected chi connectivity index (χ3v) is 5.46. The summed E-state index contributed by atoms with van der Waals surface area (Å²) in [4.78, 5) is 16.7. The predicted molar refractivity (Wildman–Crippen MR) is 113 cm³/mol. The van der Waals surface area contributed by atoms with Crippen molar-refractivity contribution < 1.29 is 14.6 Å². The predicted octanol–water partition coefficient (Wildman–Crippen LogP) is 5.03. The number of ether oxygens (including phenoxy) is 1. The minimum Gasteiger partial charge on any atom is -0.481 e. The number of aliphatic carboxylic acids is 1. The Morgan fingerprint density at radius 2 is 1.76 bits per heavy atom. The number of nitrogens with zero attached hydrogens (tertiary/aromatic N) is 1. The van der Waals surface area contributed by atoms with Crippen LogP contribution in [0.25, 0.3) is 17.0 Å². The van der Waals surface area contributed by atoms with Crippen molar-refractivity contribution in [3.8, 4) is 22.9 Å². The SMILES string of the molecule is C=C(N)c1ccc(-c2ccc3c(n2)Oc2ccccc2[C@@H]3C(C)(C)C(=O)O)cc1. The maximum atomic E-state index is 12.0. The highest BCUT2D eigenvalue weighted by Crippen LogP contribution is 2.51. The highest BCUT2D eigenvalue weighted by Gasteiger charge is 2.44. The van der Waals surface area contributed by atoms with Gasteiger partial charge in [0.25, 0.3) is 0 Å². The summed E-state index contributed by atoms with van der Waals surface area (Å²) < 4.78 is 6.07. The zero-order chi connectivity index (χ0) is 20.8. The van der Waals surface area contributed by atoms with E-state index in [1.54, 1.807) is 13.8 Å². The van der Waals surface area contributed by atoms with E-state index >= 15 is 0 Å². The van der Waals surface area contributed by atoms with Crippen molar-refractivity contribution in [2.45, 2.75) is 19.8 Å². The molecule has 0 spiro atoms. The van der Waals surface area contributed by atoms with Crippen molar-refractivity contribution in [1.82, 2.24) is 4.98 Å². The molecular formula is C24H22N2O3. The van der Waals surface area contributed by atoms with E-state index in [4.69, 9.17) is 15.5 Å². The fourth-order valence-corrected chi connectivity index (χ4v) is 3.75. The van der Waals surface area contributed by atoms with Crippen LogP contribution in [0.5, 0.6) is 11.6 Å². The molecule has 29 heavy (non-hydrogen) atoms. The van der Waals surface area contributed by atoms with Gasteiger partial charge in [0.2, 0.25) is 5.88 Å². The van der Waals surface area contributed by atoms with Crippen LogP contribution in [-0.2, 0) is 4.79 Å². The zero-order valence-corrected chi connectivity index (χ0v) is 16.3. The second-order valence-corrected chi connectivity index (χ2v) is 7.79. The number of benzene rings is 2. The number of hydrogen-bond acceptors (Lipinski definition) is 4. The molecular weight excluding hydrogens is 364 g/mol. The van der Waals surface area contributed by atoms with E-state index in [9.17, 15) is 9.90 Å². The van der Waals surface area contributed by atoms with Crippen molar-refractivity contribution in [1.29, 1.82) is 0 Å². The molecule has 3 N–H and O–H groups in total. The van der Waals surface area contributed by atoms with E-state index in [2.05, 4.69) is 6.58 Å². The van der Waals surface area contributed by atoms with Crippen LogP contribution < -0.4 is 10.5 Å². The number of carbonyl (C=O) groups is 1. The normalized spacial score (nSPS) is 15.0. The van der Waals surface area contributed by atoms with E-state index < -0.39 is 11.4 Å². The van der Waals surface area contributed by atoms with Crippen LogP contribution in [0.3, 0.4) is 0 Å². The van der Waals surface area contributed by atoms with Gasteiger partial charge in [-0.05, 0) is 31.5 Å². The molecule has 2 aromatic carbocycles. The summed E-state index contributed by atoms with van der Waals surface area (Å²) in [6, 6.07) is 19.0. The molecule has 0 bridgehead atoms. The largest absolute Gasteiger partial charge is 0.481 e. The molecule has 146 valence electrons. The maximum absolute atomic E-state index is 12.0. The van der Waals surface area contributed by atoms with Gasteiger partial charge in [-0.25, -0.2) is 4.98 Å². The monoisotopic (exact) mass is 386 g/mol. The standard InChI is InChI=1S/C24H22N2O3/c1-14(25)15-8-10-16(11-9-15)19-13-12-18-21(24(2,3)23(27)28)17-6-4-5-7-20(17)29-22(18)26-19/h4-13,21H,1,25H2,2-3H3,(H,27,28)/t21-/m0/s1. The van der Waals surface area contributed by atoms with Gasteiger partial charge >= 0.3 is 5.97 Å². The Morgan fingerprint density at radius 3 is 2.41 bits per heavy atom. The Kier molecular flexibility index (Phi) is 4.38. The van der Waals surface area contributed by atoms with Gasteiger partial charge in [0.05, 0.1) is 11.1 Å². The summed E-state index contributed by atoms with van der Waals surface area (Å²) in [5, 5.41) is 9.87. The van der Waals surface area contributed by atoms with Gasteiger partial charge in [-0.3, -0.25) is 4.79 Å². The van der Waals surface area contributed by atoms with E-state index in [-0.39, 0.29) is 5.92 Å². The molecule has 1 aromatic heterocycles. The number of fused-ring (bicyclic) bond motifs is 2. The Labute approximate surface area is 169 Å². The van der Waals surface area contributed by atoms with Gasteiger partial charge in [0.15, 0.2) is 0 Å². The third-order valence-electron chi connectivity index (χ3n) is 5.46. The lowest BCUT2D eigenvalue weighted by Gasteiger charge is -2.36. The topological polar surface area (TPSA) is 85.4 Å². The van der Waals surface area contributed by atoms with Gasteiger partial charge < -0.3 is 15.6 Å². The average Bonchev–Trinajstić information content (AvgIpc) is 2.71. The van der Waals surface area contributed by atoms with Gasteiger partial charge in [-0.1, -0.05) is 55.1 Å². The van der Waals surface area contributed by atoms with E-state index in [0.717, 1.165) is 27.9 Å². The minimum atomic E-state index is -1.03. The number of hydrogen-bond donors (Lipinski definition) is 2. The molecule has 1 aliphatic heterocycles. The highest BCUT2D eigenvalue weighted by molar-refractivity contribution is 5.77. The van der Waals surface area contributed by atoms with Crippen LogP contribution in [0, 0.1) is 5.41 Å². The van der Waals surface area contributed by atoms with E-state index in [1.165, 1.54) is 0 Å². The number of carboxylic acid groups (broad SMARTS) is 1. The molecule has 1 atom stereocenters. The second kappa shape index (κ2) is 6.78. The Balaban J connectivity index is 1.82. The first-order valence-electron chi connectivity index (χ1n) is 9.35. The van der Waals surface area contributed by atoms with Gasteiger partial charge in [0.1, 0.15) is 5.75 Å². The molecule has 4 rings (SSSR count). The number of rotatable bonds is 4. The summed E-state index contributed by atoms with van der Waals surface area (Å²) >= 11 is 0. The zero-order valence-electron chi connectivity index (χ0n) is 16.3. The molecule has 3 aromatic rings. The molecule has 0 saturated heterocycles. The molecule has 0 radical (unpaired) electrons. The first-order chi connectivity index (χ1) is 13.8. The van der Waals surface area contributed by atoms with Gasteiger partial charge in [0, 0.05) is 28.3 Å². The fourth-order valence-electron chi connectivity index (χ4n) is 3.75. The Morgan fingerprint density at radius 1 is 1.07 bits per heavy atom. The fraction of sp³-hybridized carbons (Fsp3) is 0.167. The second-order valence-electron chi connectivity index (χ2n) is 7.79. The van der Waals surface area contributed by atoms with E-state index in [0.29, 0.717) is 17.3 Å². The molecule has 1 aliphatic rings. The van der Waals surface area contributed by atoms with Crippen LogP contribution in [0.2, 0.25) is 0 Å². The first-order valence-corrected chi connectivity index (χ1v) is 9.35. The quantitative estimate of drug-likeness (QED) is 0.657. The Hall–Kier alpha value is -3.60. The summed E-state index contributed by atoms with van der Waals surface area (Å²) in [5.74, 6) is -0.164. The number of para-hydroxylation sites is 1. The van der Waals surface area contributed by atoms with E-state index in [1.807, 2.05) is 60.7 Å². The number of pyridine rings is 1. The van der Waals surface area contributed by atoms with Crippen LogP contribution in [-0.4, -0.2) is 16.1 Å². The highest BCUT2D eigenvalue weighted by atomic mass is 16.5. The number of aromatic nitrogens is 1. The lowest BCUT2D eigenvalue weighted by atomic mass is 9.70. The Bertz CT molecular complexity index is 1120. The number of carboxylic acids is 1. The molecule has 0 saturated carbocycles. The van der Waals surface area contributed by atoms with Crippen molar-refractivity contribution >= 4 is 11.7 Å². The minimum absolute atomic E-state index is 0.371. The van der Waals surface area contributed by atoms with Crippen LogP contribution >= 0.6 is 0 Å².